The monoisotopic (exact) mass is 192 g/mol. The molecule has 0 saturated carbocycles. The minimum absolute atomic E-state index is 0.00856. The first-order chi connectivity index (χ1) is 6.74. The maximum absolute atomic E-state index is 10.4. The van der Waals surface area contributed by atoms with E-state index in [1.54, 1.807) is 12.2 Å². The molecule has 1 rings (SSSR count). The molecule has 0 amide bonds. The molecule has 14 heavy (non-hydrogen) atoms. The molecule has 0 aliphatic carbocycles. The molecule has 1 aromatic rings. The van der Waals surface area contributed by atoms with Gasteiger partial charge in [0.2, 0.25) is 0 Å². The lowest BCUT2D eigenvalue weighted by atomic mass is 10.3. The first kappa shape index (κ1) is 10.0. The normalized spacial score (nSPS) is 10.3. The molecule has 0 fully saturated rings. The van der Waals surface area contributed by atoms with Crippen molar-refractivity contribution in [1.82, 2.24) is 4.98 Å². The highest BCUT2D eigenvalue weighted by Gasteiger charge is 2.04. The van der Waals surface area contributed by atoms with Crippen molar-refractivity contribution in [3.8, 4) is 0 Å². The second-order valence-electron chi connectivity index (χ2n) is 2.50. The summed E-state index contributed by atoms with van der Waals surface area (Å²) in [7, 11) is 0. The van der Waals surface area contributed by atoms with E-state index in [4.69, 9.17) is 0 Å². The highest BCUT2D eigenvalue weighted by molar-refractivity contribution is 5.57. The minimum Gasteiger partial charge on any atom is -0.303 e. The third kappa shape index (κ3) is 2.78. The second-order valence-corrected chi connectivity index (χ2v) is 2.50. The first-order valence-corrected chi connectivity index (χ1v) is 3.94. The average Bonchev–Trinajstić information content (AvgIpc) is 2.19. The summed E-state index contributed by atoms with van der Waals surface area (Å²) in [5.74, 6) is 0. The van der Waals surface area contributed by atoms with Crippen LogP contribution in [-0.4, -0.2) is 16.2 Å². The van der Waals surface area contributed by atoms with Crippen LogP contribution in [0.2, 0.25) is 0 Å². The van der Waals surface area contributed by atoms with Crippen LogP contribution in [0.4, 0.5) is 5.69 Å². The van der Waals surface area contributed by atoms with Crippen LogP contribution >= 0.6 is 0 Å². The van der Waals surface area contributed by atoms with Crippen molar-refractivity contribution in [2.45, 2.75) is 6.42 Å². The number of carbonyl (C=O) groups excluding carboxylic acids is 1. The van der Waals surface area contributed by atoms with Gasteiger partial charge in [0.25, 0.3) is 5.69 Å². The number of allylic oxidation sites excluding steroid dienone is 1. The van der Waals surface area contributed by atoms with Crippen LogP contribution in [0.3, 0.4) is 0 Å². The molecule has 1 heterocycles. The zero-order valence-electron chi connectivity index (χ0n) is 7.29. The van der Waals surface area contributed by atoms with E-state index in [-0.39, 0.29) is 12.1 Å². The van der Waals surface area contributed by atoms with Crippen molar-refractivity contribution in [3.05, 3.63) is 40.2 Å². The number of nitrogens with zero attached hydrogens (tertiary/aromatic N) is 2. The van der Waals surface area contributed by atoms with Crippen LogP contribution in [0.15, 0.2) is 24.4 Å². The van der Waals surface area contributed by atoms with Gasteiger partial charge in [-0.05, 0) is 6.08 Å². The Morgan fingerprint density at radius 2 is 2.36 bits per heavy atom. The predicted molar refractivity (Wildman–Crippen MR) is 50.6 cm³/mol. The van der Waals surface area contributed by atoms with Crippen molar-refractivity contribution >= 4 is 18.0 Å². The summed E-state index contributed by atoms with van der Waals surface area (Å²) in [4.78, 5) is 23.8. The largest absolute Gasteiger partial charge is 0.303 e. The quantitative estimate of drug-likeness (QED) is 0.412. The van der Waals surface area contributed by atoms with Crippen LogP contribution in [0.5, 0.6) is 0 Å². The second kappa shape index (κ2) is 4.86. The molecule has 0 aliphatic rings. The fourth-order valence-corrected chi connectivity index (χ4v) is 0.886. The number of aromatic nitrogens is 1. The van der Waals surface area contributed by atoms with Crippen molar-refractivity contribution in [1.29, 1.82) is 0 Å². The van der Waals surface area contributed by atoms with E-state index in [0.717, 1.165) is 6.29 Å². The zero-order valence-corrected chi connectivity index (χ0v) is 7.29. The minimum atomic E-state index is -0.487. The van der Waals surface area contributed by atoms with Gasteiger partial charge in [-0.2, -0.15) is 0 Å². The van der Waals surface area contributed by atoms with E-state index in [1.807, 2.05) is 0 Å². The van der Waals surface area contributed by atoms with Gasteiger partial charge < -0.3 is 4.79 Å². The van der Waals surface area contributed by atoms with Gasteiger partial charge >= 0.3 is 0 Å². The van der Waals surface area contributed by atoms with E-state index >= 15 is 0 Å². The lowest BCUT2D eigenvalue weighted by molar-refractivity contribution is -0.384. The molecule has 0 N–H and O–H groups in total. The Hall–Kier alpha value is -2.04. The molecule has 0 saturated heterocycles. The van der Waals surface area contributed by atoms with Gasteiger partial charge in [0.05, 0.1) is 10.6 Å². The Labute approximate surface area is 80.2 Å². The summed E-state index contributed by atoms with van der Waals surface area (Å²) in [6.07, 6.45) is 5.55. The number of nitro groups is 1. The van der Waals surface area contributed by atoms with E-state index in [2.05, 4.69) is 4.98 Å². The molecule has 5 heteroatoms. The smallest absolute Gasteiger partial charge is 0.273 e. The SMILES string of the molecule is O=CCC=Cc1cc([N+](=O)[O-])ccn1. The maximum atomic E-state index is 10.4. The first-order valence-electron chi connectivity index (χ1n) is 3.94. The van der Waals surface area contributed by atoms with Crippen LogP contribution in [-0.2, 0) is 4.79 Å². The highest BCUT2D eigenvalue weighted by atomic mass is 16.6. The average molecular weight is 192 g/mol. The molecular formula is C9H8N2O3. The van der Waals surface area contributed by atoms with Crippen molar-refractivity contribution in [2.24, 2.45) is 0 Å². The summed E-state index contributed by atoms with van der Waals surface area (Å²) >= 11 is 0. The van der Waals surface area contributed by atoms with Gasteiger partial charge in [-0.15, -0.1) is 0 Å². The van der Waals surface area contributed by atoms with Crippen molar-refractivity contribution in [2.75, 3.05) is 0 Å². The van der Waals surface area contributed by atoms with Gasteiger partial charge in [0.1, 0.15) is 6.29 Å². The molecule has 0 radical (unpaired) electrons. The molecule has 0 spiro atoms. The van der Waals surface area contributed by atoms with Crippen LogP contribution < -0.4 is 0 Å². The van der Waals surface area contributed by atoms with Crippen molar-refractivity contribution in [3.63, 3.8) is 0 Å². The topological polar surface area (TPSA) is 73.1 Å². The summed E-state index contributed by atoms with van der Waals surface area (Å²) < 4.78 is 0. The summed E-state index contributed by atoms with van der Waals surface area (Å²) in [6, 6.07) is 2.67. The van der Waals surface area contributed by atoms with E-state index in [1.165, 1.54) is 18.3 Å². The molecule has 1 aromatic heterocycles. The Morgan fingerprint density at radius 1 is 1.57 bits per heavy atom. The molecule has 72 valence electrons. The molecule has 0 unspecified atom stereocenters. The predicted octanol–water partition coefficient (Wildman–Crippen LogP) is 1.59. The molecule has 0 aliphatic heterocycles. The Bertz CT molecular complexity index is 374. The highest BCUT2D eigenvalue weighted by Crippen LogP contribution is 2.11. The fraction of sp³-hybridized carbons (Fsp3) is 0.111. The van der Waals surface area contributed by atoms with E-state index in [0.29, 0.717) is 5.69 Å². The number of aldehydes is 1. The van der Waals surface area contributed by atoms with Crippen LogP contribution in [0.25, 0.3) is 6.08 Å². The van der Waals surface area contributed by atoms with Crippen LogP contribution in [0, 0.1) is 10.1 Å². The number of hydrogen-bond donors (Lipinski definition) is 0. The van der Waals surface area contributed by atoms with E-state index in [9.17, 15) is 14.9 Å². The number of hydrogen-bond acceptors (Lipinski definition) is 4. The lowest BCUT2D eigenvalue weighted by Crippen LogP contribution is -1.89. The number of rotatable bonds is 4. The van der Waals surface area contributed by atoms with Gasteiger partial charge in [-0.25, -0.2) is 0 Å². The van der Waals surface area contributed by atoms with Gasteiger partial charge in [0.15, 0.2) is 0 Å². The summed E-state index contributed by atoms with van der Waals surface area (Å²) in [6.45, 7) is 0. The zero-order chi connectivity index (χ0) is 10.4. The van der Waals surface area contributed by atoms with Crippen LogP contribution in [0.1, 0.15) is 12.1 Å². The Morgan fingerprint density at radius 3 is 3.00 bits per heavy atom. The summed E-state index contributed by atoms with van der Waals surface area (Å²) in [5.41, 5.74) is 0.465. The van der Waals surface area contributed by atoms with Gasteiger partial charge in [-0.3, -0.25) is 15.1 Å². The lowest BCUT2D eigenvalue weighted by Gasteiger charge is -1.92. The van der Waals surface area contributed by atoms with E-state index < -0.39 is 4.92 Å². The molecular weight excluding hydrogens is 184 g/mol. The standard InChI is InChI=1S/C9H8N2O3/c12-6-2-1-3-8-7-9(11(13)14)4-5-10-8/h1,3-7H,2H2. The maximum Gasteiger partial charge on any atom is 0.273 e. The Kier molecular flexibility index (Phi) is 3.49. The molecule has 0 aromatic carbocycles. The molecule has 5 nitrogen and oxygen atoms in total. The Balaban J connectivity index is 2.83. The molecule has 0 atom stereocenters. The number of pyridine rings is 1. The third-order valence-corrected chi connectivity index (χ3v) is 1.50. The van der Waals surface area contributed by atoms with Gasteiger partial charge in [-0.1, -0.05) is 6.08 Å². The third-order valence-electron chi connectivity index (χ3n) is 1.50. The fourth-order valence-electron chi connectivity index (χ4n) is 0.886. The van der Waals surface area contributed by atoms with Crippen molar-refractivity contribution < 1.29 is 9.72 Å². The molecule has 0 bridgehead atoms. The number of carbonyl (C=O) groups is 1. The van der Waals surface area contributed by atoms with Gasteiger partial charge in [0, 0.05) is 24.8 Å². The summed E-state index contributed by atoms with van der Waals surface area (Å²) in [5, 5.41) is 10.4.